The van der Waals surface area contributed by atoms with Gasteiger partial charge in [-0.05, 0) is 36.2 Å². The van der Waals surface area contributed by atoms with Crippen LogP contribution in [0.4, 0.5) is 5.00 Å². The molecule has 26 heavy (non-hydrogen) atoms. The number of carbonyl (C=O) groups is 1. The Morgan fingerprint density at radius 1 is 1.12 bits per heavy atom. The summed E-state index contributed by atoms with van der Waals surface area (Å²) in [4.78, 5) is 12.8. The number of anilines is 1. The lowest BCUT2D eigenvalue weighted by Crippen LogP contribution is -2.39. The summed E-state index contributed by atoms with van der Waals surface area (Å²) in [7, 11) is 0. The molecule has 0 fully saturated rings. The first kappa shape index (κ1) is 18.3. The predicted molar refractivity (Wildman–Crippen MR) is 111 cm³/mol. The zero-order chi connectivity index (χ0) is 18.5. The molecule has 4 nitrogen and oxygen atoms in total. The molecule has 0 amide bonds. The van der Waals surface area contributed by atoms with Gasteiger partial charge in [0.05, 0.1) is 12.1 Å². The lowest BCUT2D eigenvalue weighted by molar-refractivity contribution is 0.104. The maximum absolute atomic E-state index is 12.8. The van der Waals surface area contributed by atoms with Crippen molar-refractivity contribution < 1.29 is 4.79 Å². The first-order chi connectivity index (χ1) is 12.5. The molecule has 3 rings (SSSR count). The van der Waals surface area contributed by atoms with E-state index < -0.39 is 0 Å². The highest BCUT2D eigenvalue weighted by molar-refractivity contribution is 7.80. The van der Waals surface area contributed by atoms with E-state index in [4.69, 9.17) is 18.1 Å². The molecule has 0 unspecified atom stereocenters. The summed E-state index contributed by atoms with van der Waals surface area (Å²) in [5, 5.41) is 7.50. The third kappa shape index (κ3) is 4.35. The first-order valence-electron chi connectivity index (χ1n) is 8.10. The number of aryl methyl sites for hydroxylation is 1. The highest BCUT2D eigenvalue weighted by Gasteiger charge is 2.17. The SMILES string of the molecule is Cc1ccc(C(=O)c2ccsc2NC(=S)N(N)Cc2ccccc2)cc1. The minimum Gasteiger partial charge on any atom is -0.323 e. The van der Waals surface area contributed by atoms with Crippen molar-refractivity contribution in [2.45, 2.75) is 13.5 Å². The van der Waals surface area contributed by atoms with E-state index in [1.807, 2.05) is 66.9 Å². The highest BCUT2D eigenvalue weighted by atomic mass is 32.1. The van der Waals surface area contributed by atoms with Crippen molar-refractivity contribution in [1.29, 1.82) is 0 Å². The van der Waals surface area contributed by atoms with E-state index in [2.05, 4.69) is 5.32 Å². The molecule has 0 saturated carbocycles. The quantitative estimate of drug-likeness (QED) is 0.298. The number of nitrogens with zero attached hydrogens (tertiary/aromatic N) is 1. The summed E-state index contributed by atoms with van der Waals surface area (Å²) >= 11 is 6.82. The molecule has 0 aliphatic heterocycles. The fourth-order valence-corrected chi connectivity index (χ4v) is 3.48. The van der Waals surface area contributed by atoms with Gasteiger partial charge in [-0.3, -0.25) is 9.80 Å². The van der Waals surface area contributed by atoms with E-state index >= 15 is 0 Å². The van der Waals surface area contributed by atoms with E-state index in [1.54, 1.807) is 6.07 Å². The van der Waals surface area contributed by atoms with Crippen LogP contribution in [0.2, 0.25) is 0 Å². The maximum Gasteiger partial charge on any atom is 0.195 e. The van der Waals surface area contributed by atoms with Gasteiger partial charge in [0, 0.05) is 5.56 Å². The molecule has 3 aromatic rings. The summed E-state index contributed by atoms with van der Waals surface area (Å²) in [6.45, 7) is 2.48. The average molecular weight is 382 g/mol. The van der Waals surface area contributed by atoms with Crippen molar-refractivity contribution in [1.82, 2.24) is 5.01 Å². The smallest absolute Gasteiger partial charge is 0.195 e. The molecule has 0 aliphatic rings. The zero-order valence-electron chi connectivity index (χ0n) is 14.3. The van der Waals surface area contributed by atoms with Crippen LogP contribution in [-0.2, 0) is 6.54 Å². The molecule has 3 N–H and O–H groups in total. The van der Waals surface area contributed by atoms with Gasteiger partial charge in [0.1, 0.15) is 5.00 Å². The summed E-state index contributed by atoms with van der Waals surface area (Å²) in [5.74, 6) is 6.03. The van der Waals surface area contributed by atoms with Gasteiger partial charge in [-0.25, -0.2) is 5.84 Å². The minimum atomic E-state index is -0.0387. The number of benzene rings is 2. The fraction of sp³-hybridized carbons (Fsp3) is 0.100. The first-order valence-corrected chi connectivity index (χ1v) is 9.39. The fourth-order valence-electron chi connectivity index (χ4n) is 2.47. The Morgan fingerprint density at radius 2 is 1.81 bits per heavy atom. The van der Waals surface area contributed by atoms with Gasteiger partial charge < -0.3 is 5.32 Å². The van der Waals surface area contributed by atoms with Crippen LogP contribution in [-0.4, -0.2) is 15.9 Å². The topological polar surface area (TPSA) is 58.4 Å². The summed E-state index contributed by atoms with van der Waals surface area (Å²) in [6, 6.07) is 19.2. The number of hydrazine groups is 1. The molecule has 0 atom stereocenters. The van der Waals surface area contributed by atoms with Crippen molar-refractivity contribution in [2.75, 3.05) is 5.32 Å². The van der Waals surface area contributed by atoms with E-state index in [-0.39, 0.29) is 5.78 Å². The van der Waals surface area contributed by atoms with Crippen LogP contribution in [0.25, 0.3) is 0 Å². The Hall–Kier alpha value is -2.54. The lowest BCUT2D eigenvalue weighted by atomic mass is 10.0. The average Bonchev–Trinajstić information content (AvgIpc) is 3.10. The number of hydrogen-bond donors (Lipinski definition) is 2. The lowest BCUT2D eigenvalue weighted by Gasteiger charge is -2.20. The second-order valence-corrected chi connectivity index (χ2v) is 7.21. The van der Waals surface area contributed by atoms with Gasteiger partial charge >= 0.3 is 0 Å². The summed E-state index contributed by atoms with van der Waals surface area (Å²) in [5.41, 5.74) is 3.42. The van der Waals surface area contributed by atoms with Crippen molar-refractivity contribution in [3.05, 3.63) is 88.3 Å². The molecular weight excluding hydrogens is 362 g/mol. The van der Waals surface area contributed by atoms with E-state index in [0.717, 1.165) is 11.1 Å². The molecule has 1 heterocycles. The third-order valence-corrected chi connectivity index (χ3v) is 5.07. The van der Waals surface area contributed by atoms with Crippen LogP contribution in [0.15, 0.2) is 66.0 Å². The number of thiocarbonyl (C=S) groups is 1. The van der Waals surface area contributed by atoms with Crippen molar-refractivity contribution >= 4 is 39.5 Å². The van der Waals surface area contributed by atoms with Crippen LogP contribution in [0.5, 0.6) is 0 Å². The van der Waals surface area contributed by atoms with Crippen LogP contribution in [0.3, 0.4) is 0 Å². The Kier molecular flexibility index (Phi) is 5.78. The molecule has 6 heteroatoms. The molecule has 1 aromatic heterocycles. The van der Waals surface area contributed by atoms with E-state index in [9.17, 15) is 4.79 Å². The Labute approximate surface area is 162 Å². The van der Waals surface area contributed by atoms with Crippen LogP contribution >= 0.6 is 23.6 Å². The van der Waals surface area contributed by atoms with Gasteiger partial charge in [-0.2, -0.15) is 0 Å². The molecule has 132 valence electrons. The zero-order valence-corrected chi connectivity index (χ0v) is 15.9. The standard InChI is InChI=1S/C20H19N3OS2/c1-14-7-9-16(10-8-14)18(24)17-11-12-26-19(17)22-20(25)23(21)13-15-5-3-2-4-6-15/h2-12H,13,21H2,1H3,(H,22,25). The molecule has 0 bridgehead atoms. The molecule has 0 saturated heterocycles. The summed E-state index contributed by atoms with van der Waals surface area (Å²) in [6.07, 6.45) is 0. The van der Waals surface area contributed by atoms with Gasteiger partial charge in [0.2, 0.25) is 0 Å². The number of thiophene rings is 1. The molecule has 0 spiro atoms. The van der Waals surface area contributed by atoms with Crippen LogP contribution in [0.1, 0.15) is 27.0 Å². The minimum absolute atomic E-state index is 0.0387. The summed E-state index contributed by atoms with van der Waals surface area (Å²) < 4.78 is 0. The molecule has 0 aliphatic carbocycles. The maximum atomic E-state index is 12.8. The number of hydrogen-bond acceptors (Lipinski definition) is 4. The Morgan fingerprint density at radius 3 is 2.50 bits per heavy atom. The number of nitrogens with one attached hydrogen (secondary N) is 1. The van der Waals surface area contributed by atoms with Gasteiger partial charge in [-0.1, -0.05) is 60.2 Å². The van der Waals surface area contributed by atoms with Gasteiger partial charge in [0.25, 0.3) is 0 Å². The number of carbonyl (C=O) groups excluding carboxylic acids is 1. The largest absolute Gasteiger partial charge is 0.323 e. The normalized spacial score (nSPS) is 10.4. The van der Waals surface area contributed by atoms with Crippen LogP contribution < -0.4 is 11.2 Å². The molecule has 0 radical (unpaired) electrons. The number of nitrogens with two attached hydrogens (primary N) is 1. The van der Waals surface area contributed by atoms with E-state index in [0.29, 0.717) is 27.8 Å². The van der Waals surface area contributed by atoms with Crippen molar-refractivity contribution in [3.63, 3.8) is 0 Å². The third-order valence-electron chi connectivity index (χ3n) is 3.90. The monoisotopic (exact) mass is 381 g/mol. The number of ketones is 1. The number of rotatable bonds is 5. The van der Waals surface area contributed by atoms with Crippen LogP contribution in [0, 0.1) is 6.92 Å². The van der Waals surface area contributed by atoms with Crippen molar-refractivity contribution in [2.24, 2.45) is 5.84 Å². The van der Waals surface area contributed by atoms with Crippen molar-refractivity contribution in [3.8, 4) is 0 Å². The molecule has 2 aromatic carbocycles. The highest BCUT2D eigenvalue weighted by Crippen LogP contribution is 2.26. The van der Waals surface area contributed by atoms with Gasteiger partial charge in [0.15, 0.2) is 10.9 Å². The second-order valence-electron chi connectivity index (χ2n) is 5.90. The van der Waals surface area contributed by atoms with E-state index in [1.165, 1.54) is 16.3 Å². The predicted octanol–water partition coefficient (Wildman–Crippen LogP) is 4.36. The Bertz CT molecular complexity index is 904. The second kappa shape index (κ2) is 8.23. The molecular formula is C20H19N3OS2. The Balaban J connectivity index is 1.71. The van der Waals surface area contributed by atoms with Gasteiger partial charge in [-0.15, -0.1) is 11.3 Å².